The number of phenolic OH excluding ortho intramolecular Hbond substituents is 1. The second kappa shape index (κ2) is 9.91. The van der Waals surface area contributed by atoms with Crippen LogP contribution in [0.15, 0.2) is 90.1 Å². The van der Waals surface area contributed by atoms with Gasteiger partial charge in [0.2, 0.25) is 5.62 Å². The summed E-state index contributed by atoms with van der Waals surface area (Å²) in [5, 5.41) is 20.4. The van der Waals surface area contributed by atoms with Gasteiger partial charge in [-0.1, -0.05) is 48.5 Å². The van der Waals surface area contributed by atoms with Crippen molar-refractivity contribution >= 4 is 23.2 Å². The maximum Gasteiger partial charge on any atom is 0.280 e. The lowest BCUT2D eigenvalue weighted by Crippen LogP contribution is -2.32. The Hall–Kier alpha value is -4.82. The number of rotatable bonds is 6. The van der Waals surface area contributed by atoms with E-state index in [1.54, 1.807) is 48.9 Å². The van der Waals surface area contributed by atoms with Gasteiger partial charge in [0.15, 0.2) is 6.29 Å². The molecule has 190 valence electrons. The van der Waals surface area contributed by atoms with Crippen LogP contribution in [0.3, 0.4) is 0 Å². The number of imidazole rings is 1. The smallest absolute Gasteiger partial charge is 0.280 e. The normalized spacial score (nSPS) is 12.1. The standard InChI is InChI=1S/C30H26N4O4/c1-30(2,38)18-34-26-8-4-3-7-24(26)32-29(34)33-28(37)21-14-15-31-25(16-21)20-12-10-19(11-13-20)22-6-5-9-27(36)23(22)17-35/h3-17,36,38H,18H2,1-2H3,(H,32,33,37). The number of carbonyl (C=O) groups is 2. The van der Waals surface area contributed by atoms with Gasteiger partial charge in [-0.15, -0.1) is 0 Å². The number of hydrogen-bond acceptors (Lipinski definition) is 5. The Labute approximate surface area is 218 Å². The molecular weight excluding hydrogens is 480 g/mol. The average Bonchev–Trinajstić information content (AvgIpc) is 3.24. The summed E-state index contributed by atoms with van der Waals surface area (Å²) in [6.45, 7) is 3.66. The van der Waals surface area contributed by atoms with Crippen LogP contribution in [0.1, 0.15) is 34.6 Å². The number of pyridine rings is 1. The maximum absolute atomic E-state index is 13.2. The van der Waals surface area contributed by atoms with Gasteiger partial charge in [0.05, 0.1) is 34.4 Å². The molecule has 3 N–H and O–H groups in total. The molecule has 8 heteroatoms. The van der Waals surface area contributed by atoms with Crippen LogP contribution in [0, 0.1) is 0 Å². The molecule has 0 saturated heterocycles. The molecule has 0 saturated carbocycles. The molecule has 0 bridgehead atoms. The second-order valence-electron chi connectivity index (χ2n) is 9.64. The Morgan fingerprint density at radius 2 is 1.76 bits per heavy atom. The molecule has 5 rings (SSSR count). The fourth-order valence-corrected chi connectivity index (χ4v) is 4.38. The van der Waals surface area contributed by atoms with Crippen molar-refractivity contribution in [3.63, 3.8) is 0 Å². The van der Waals surface area contributed by atoms with Crippen LogP contribution in [-0.4, -0.2) is 42.5 Å². The summed E-state index contributed by atoms with van der Waals surface area (Å²) >= 11 is 0. The molecule has 8 nitrogen and oxygen atoms in total. The summed E-state index contributed by atoms with van der Waals surface area (Å²) in [5.74, 6) is -0.520. The molecule has 0 aliphatic rings. The molecule has 0 fully saturated rings. The Balaban J connectivity index is 1.48. The fraction of sp³-hybridized carbons (Fsp3) is 0.133. The van der Waals surface area contributed by atoms with Gasteiger partial charge < -0.3 is 19.8 Å². The van der Waals surface area contributed by atoms with Gasteiger partial charge in [-0.3, -0.25) is 14.6 Å². The molecule has 5 aromatic rings. The molecule has 1 amide bonds. The highest BCUT2D eigenvalue weighted by molar-refractivity contribution is 5.96. The number of para-hydroxylation sites is 2. The molecule has 0 unspecified atom stereocenters. The highest BCUT2D eigenvalue weighted by Crippen LogP contribution is 2.30. The number of aromatic nitrogens is 3. The number of amides is 1. The van der Waals surface area contributed by atoms with E-state index >= 15 is 0 Å². The zero-order valence-electron chi connectivity index (χ0n) is 20.9. The first-order chi connectivity index (χ1) is 18.2. The van der Waals surface area contributed by atoms with Crippen molar-refractivity contribution in [3.8, 4) is 28.1 Å². The number of aldehydes is 1. The zero-order valence-corrected chi connectivity index (χ0v) is 20.9. The van der Waals surface area contributed by atoms with Crippen molar-refractivity contribution in [2.24, 2.45) is 4.99 Å². The van der Waals surface area contributed by atoms with Crippen LogP contribution in [-0.2, 0) is 6.54 Å². The number of aromatic amines is 1. The first-order valence-corrected chi connectivity index (χ1v) is 12.1. The summed E-state index contributed by atoms with van der Waals surface area (Å²) < 4.78 is 1.79. The van der Waals surface area contributed by atoms with Crippen LogP contribution >= 0.6 is 0 Å². The van der Waals surface area contributed by atoms with E-state index in [4.69, 9.17) is 0 Å². The van der Waals surface area contributed by atoms with Gasteiger partial charge in [-0.25, -0.2) is 0 Å². The van der Waals surface area contributed by atoms with E-state index in [1.807, 2.05) is 48.5 Å². The van der Waals surface area contributed by atoms with E-state index in [-0.39, 0.29) is 17.9 Å². The second-order valence-corrected chi connectivity index (χ2v) is 9.64. The third kappa shape index (κ3) is 5.02. The number of phenols is 1. The minimum atomic E-state index is -1.01. The predicted molar refractivity (Wildman–Crippen MR) is 145 cm³/mol. The van der Waals surface area contributed by atoms with E-state index < -0.39 is 11.5 Å². The zero-order chi connectivity index (χ0) is 26.9. The lowest BCUT2D eigenvalue weighted by atomic mass is 9.98. The SMILES string of the molecule is CC(C)(O)Cn1/c(=N/C(=O)c2ccnc(-c3ccc(-c4cccc(O)c4C=O)cc3)c2)[nH]c2ccccc21. The van der Waals surface area contributed by atoms with Crippen molar-refractivity contribution < 1.29 is 19.8 Å². The van der Waals surface area contributed by atoms with Gasteiger partial charge in [-0.05, 0) is 55.3 Å². The number of fused-ring (bicyclic) bond motifs is 1. The minimum Gasteiger partial charge on any atom is -0.507 e. The maximum atomic E-state index is 13.2. The van der Waals surface area contributed by atoms with Crippen molar-refractivity contribution in [3.05, 3.63) is 102 Å². The number of nitrogens with zero attached hydrogens (tertiary/aromatic N) is 3. The average molecular weight is 507 g/mol. The molecule has 3 aromatic carbocycles. The summed E-state index contributed by atoms with van der Waals surface area (Å²) in [4.78, 5) is 36.6. The van der Waals surface area contributed by atoms with Crippen molar-refractivity contribution in [2.45, 2.75) is 26.0 Å². The van der Waals surface area contributed by atoms with E-state index in [9.17, 15) is 19.8 Å². The number of aliphatic hydroxyl groups is 1. The van der Waals surface area contributed by atoms with Crippen LogP contribution in [0.2, 0.25) is 0 Å². The quantitative estimate of drug-likeness (QED) is 0.288. The van der Waals surface area contributed by atoms with Crippen molar-refractivity contribution in [1.82, 2.24) is 14.5 Å². The molecule has 38 heavy (non-hydrogen) atoms. The number of aromatic hydroxyl groups is 1. The molecule has 0 aliphatic carbocycles. The van der Waals surface area contributed by atoms with E-state index in [1.165, 1.54) is 6.07 Å². The van der Waals surface area contributed by atoms with E-state index in [0.717, 1.165) is 22.2 Å². The van der Waals surface area contributed by atoms with Crippen LogP contribution < -0.4 is 5.62 Å². The van der Waals surface area contributed by atoms with Crippen LogP contribution in [0.5, 0.6) is 5.75 Å². The number of nitrogens with one attached hydrogen (secondary N) is 1. The van der Waals surface area contributed by atoms with Crippen molar-refractivity contribution in [2.75, 3.05) is 0 Å². The van der Waals surface area contributed by atoms with E-state index in [0.29, 0.717) is 28.7 Å². The third-order valence-corrected chi connectivity index (χ3v) is 6.15. The summed E-state index contributed by atoms with van der Waals surface area (Å²) in [6, 6.07) is 23.1. The largest absolute Gasteiger partial charge is 0.507 e. The Morgan fingerprint density at radius 3 is 2.50 bits per heavy atom. The molecule has 0 radical (unpaired) electrons. The highest BCUT2D eigenvalue weighted by atomic mass is 16.3. The molecule has 0 atom stereocenters. The highest BCUT2D eigenvalue weighted by Gasteiger charge is 2.18. The van der Waals surface area contributed by atoms with Gasteiger partial charge in [0, 0.05) is 17.3 Å². The first kappa shape index (κ1) is 24.9. The van der Waals surface area contributed by atoms with Gasteiger partial charge in [-0.2, -0.15) is 4.99 Å². The van der Waals surface area contributed by atoms with Gasteiger partial charge in [0.25, 0.3) is 5.91 Å². The third-order valence-electron chi connectivity index (χ3n) is 6.15. The Kier molecular flexibility index (Phi) is 6.48. The lowest BCUT2D eigenvalue weighted by molar-refractivity contribution is 0.0612. The molecule has 0 aliphatic heterocycles. The Morgan fingerprint density at radius 1 is 1.03 bits per heavy atom. The molecular formula is C30H26N4O4. The van der Waals surface area contributed by atoms with E-state index in [2.05, 4.69) is 15.0 Å². The van der Waals surface area contributed by atoms with Gasteiger partial charge >= 0.3 is 0 Å². The van der Waals surface area contributed by atoms with Gasteiger partial charge in [0.1, 0.15) is 5.75 Å². The number of hydrogen-bond donors (Lipinski definition) is 3. The summed E-state index contributed by atoms with van der Waals surface area (Å²) in [7, 11) is 0. The number of benzene rings is 3. The first-order valence-electron chi connectivity index (χ1n) is 12.1. The van der Waals surface area contributed by atoms with Crippen LogP contribution in [0.4, 0.5) is 0 Å². The topological polar surface area (TPSA) is 121 Å². The monoisotopic (exact) mass is 506 g/mol. The molecule has 0 spiro atoms. The number of carbonyl (C=O) groups excluding carboxylic acids is 2. The van der Waals surface area contributed by atoms with Crippen LogP contribution in [0.25, 0.3) is 33.4 Å². The van der Waals surface area contributed by atoms with Crippen molar-refractivity contribution in [1.29, 1.82) is 0 Å². The Bertz CT molecular complexity index is 1720. The number of H-pyrrole nitrogens is 1. The minimum absolute atomic E-state index is 0.0722. The summed E-state index contributed by atoms with van der Waals surface area (Å²) in [6.07, 6.45) is 2.19. The summed E-state index contributed by atoms with van der Waals surface area (Å²) in [5.41, 5.74) is 4.33. The lowest BCUT2D eigenvalue weighted by Gasteiger charge is -2.18. The molecule has 2 heterocycles. The fourth-order valence-electron chi connectivity index (χ4n) is 4.38. The molecule has 2 aromatic heterocycles. The predicted octanol–water partition coefficient (Wildman–Crippen LogP) is 4.73.